The molecule has 0 aromatic carbocycles. The normalized spacial score (nSPS) is 10.4. The van der Waals surface area contributed by atoms with Gasteiger partial charge in [-0.2, -0.15) is 0 Å². The highest BCUT2D eigenvalue weighted by Gasteiger charge is 2.04. The number of nitrogens with two attached hydrogens (primary N) is 1. The van der Waals surface area contributed by atoms with Crippen LogP contribution >= 0.6 is 0 Å². The average Bonchev–Trinajstić information content (AvgIpc) is 2.29. The van der Waals surface area contributed by atoms with Crippen molar-refractivity contribution in [3.63, 3.8) is 0 Å². The molecule has 1 heterocycles. The lowest BCUT2D eigenvalue weighted by Crippen LogP contribution is -2.30. The molecule has 5 nitrogen and oxygen atoms in total. The van der Waals surface area contributed by atoms with E-state index in [0.29, 0.717) is 5.56 Å². The second-order valence-corrected chi connectivity index (χ2v) is 3.34. The van der Waals surface area contributed by atoms with E-state index in [-0.39, 0.29) is 5.91 Å². The number of hydrazine groups is 1. The molecular weight excluding hydrogens is 192 g/mol. The van der Waals surface area contributed by atoms with Gasteiger partial charge in [0.2, 0.25) is 0 Å². The molecule has 0 spiro atoms. The Morgan fingerprint density at radius 1 is 1.60 bits per heavy atom. The van der Waals surface area contributed by atoms with Gasteiger partial charge >= 0.3 is 0 Å². The summed E-state index contributed by atoms with van der Waals surface area (Å²) < 4.78 is 0. The Labute approximate surface area is 89.3 Å². The largest absolute Gasteiger partial charge is 0.301 e. The van der Waals surface area contributed by atoms with E-state index < -0.39 is 0 Å². The molecule has 0 unspecified atom stereocenters. The van der Waals surface area contributed by atoms with Crippen LogP contribution in [0.2, 0.25) is 0 Å². The van der Waals surface area contributed by atoms with Gasteiger partial charge in [0, 0.05) is 12.7 Å². The summed E-state index contributed by atoms with van der Waals surface area (Å²) in [5.41, 5.74) is 3.47. The van der Waals surface area contributed by atoms with E-state index in [1.165, 1.54) is 6.20 Å². The van der Waals surface area contributed by atoms with Gasteiger partial charge in [-0.05, 0) is 25.7 Å². The number of rotatable bonds is 4. The standard InChI is InChI=1S/C10H16N4O/c1-3-14(2)7-9-5-4-8(6-12-9)10(15)13-11/h4-6H,3,7,11H2,1-2H3,(H,13,15). The number of carbonyl (C=O) groups excluding carboxylic acids is 1. The molecule has 0 aliphatic heterocycles. The summed E-state index contributed by atoms with van der Waals surface area (Å²) in [4.78, 5) is 17.4. The third-order valence-electron chi connectivity index (χ3n) is 2.19. The molecule has 5 heteroatoms. The first-order chi connectivity index (χ1) is 7.17. The van der Waals surface area contributed by atoms with Gasteiger partial charge < -0.3 is 4.90 Å². The Kier molecular flexibility index (Phi) is 4.20. The molecule has 0 saturated carbocycles. The van der Waals surface area contributed by atoms with Gasteiger partial charge in [0.25, 0.3) is 5.91 Å². The molecule has 1 rings (SSSR count). The van der Waals surface area contributed by atoms with Crippen molar-refractivity contribution in [3.8, 4) is 0 Å². The van der Waals surface area contributed by atoms with Gasteiger partial charge in [-0.25, -0.2) is 5.84 Å². The molecular formula is C10H16N4O. The molecule has 3 N–H and O–H groups in total. The zero-order valence-electron chi connectivity index (χ0n) is 9.03. The molecule has 0 atom stereocenters. The van der Waals surface area contributed by atoms with Gasteiger partial charge in [-0.3, -0.25) is 15.2 Å². The lowest BCUT2D eigenvalue weighted by molar-refractivity contribution is 0.0953. The van der Waals surface area contributed by atoms with Crippen LogP contribution in [0.5, 0.6) is 0 Å². The molecule has 1 amide bonds. The maximum Gasteiger partial charge on any atom is 0.266 e. The Balaban J connectivity index is 2.68. The first-order valence-corrected chi connectivity index (χ1v) is 4.81. The van der Waals surface area contributed by atoms with Crippen LogP contribution in [-0.2, 0) is 6.54 Å². The fraction of sp³-hybridized carbons (Fsp3) is 0.400. The molecule has 1 aromatic rings. The Morgan fingerprint density at radius 2 is 2.33 bits per heavy atom. The topological polar surface area (TPSA) is 71.2 Å². The smallest absolute Gasteiger partial charge is 0.266 e. The summed E-state index contributed by atoms with van der Waals surface area (Å²) in [7, 11) is 2.02. The predicted octanol–water partition coefficient (Wildman–Crippen LogP) is 0.137. The molecule has 1 aromatic heterocycles. The van der Waals surface area contributed by atoms with Crippen molar-refractivity contribution < 1.29 is 4.79 Å². The summed E-state index contributed by atoms with van der Waals surface area (Å²) in [6.45, 7) is 3.82. The Morgan fingerprint density at radius 3 is 2.80 bits per heavy atom. The lowest BCUT2D eigenvalue weighted by atomic mass is 10.2. The number of hydrogen-bond acceptors (Lipinski definition) is 4. The van der Waals surface area contributed by atoms with E-state index >= 15 is 0 Å². The number of aromatic nitrogens is 1. The number of hydrogen-bond donors (Lipinski definition) is 2. The van der Waals surface area contributed by atoms with E-state index in [9.17, 15) is 4.79 Å². The van der Waals surface area contributed by atoms with E-state index in [1.807, 2.05) is 13.1 Å². The highest BCUT2D eigenvalue weighted by molar-refractivity contribution is 5.93. The van der Waals surface area contributed by atoms with E-state index in [1.54, 1.807) is 6.07 Å². The predicted molar refractivity (Wildman–Crippen MR) is 57.9 cm³/mol. The zero-order valence-corrected chi connectivity index (χ0v) is 9.03. The number of amides is 1. The first kappa shape index (κ1) is 11.6. The fourth-order valence-corrected chi connectivity index (χ4v) is 1.12. The summed E-state index contributed by atoms with van der Waals surface area (Å²) in [5, 5.41) is 0. The lowest BCUT2D eigenvalue weighted by Gasteiger charge is -2.12. The number of carbonyl (C=O) groups is 1. The van der Waals surface area contributed by atoms with Gasteiger partial charge in [0.1, 0.15) is 0 Å². The van der Waals surface area contributed by atoms with Crippen molar-refractivity contribution in [2.75, 3.05) is 13.6 Å². The third-order valence-corrected chi connectivity index (χ3v) is 2.19. The number of nitrogens with zero attached hydrogens (tertiary/aromatic N) is 2. The van der Waals surface area contributed by atoms with Crippen LogP contribution in [0.3, 0.4) is 0 Å². The second kappa shape index (κ2) is 5.43. The van der Waals surface area contributed by atoms with Crippen molar-refractivity contribution in [1.82, 2.24) is 15.3 Å². The third kappa shape index (κ3) is 3.30. The zero-order chi connectivity index (χ0) is 11.3. The van der Waals surface area contributed by atoms with Crippen LogP contribution in [0.25, 0.3) is 0 Å². The summed E-state index contributed by atoms with van der Waals surface area (Å²) in [5.74, 6) is 4.69. The minimum Gasteiger partial charge on any atom is -0.301 e. The molecule has 0 aliphatic carbocycles. The quantitative estimate of drug-likeness (QED) is 0.419. The fourth-order valence-electron chi connectivity index (χ4n) is 1.12. The molecule has 0 bridgehead atoms. The molecule has 0 saturated heterocycles. The van der Waals surface area contributed by atoms with Gasteiger partial charge in [-0.15, -0.1) is 0 Å². The monoisotopic (exact) mass is 208 g/mol. The molecule has 0 radical (unpaired) electrons. The van der Waals surface area contributed by atoms with E-state index in [2.05, 4.69) is 22.2 Å². The molecule has 15 heavy (non-hydrogen) atoms. The van der Waals surface area contributed by atoms with Gasteiger partial charge in [0.15, 0.2) is 0 Å². The van der Waals surface area contributed by atoms with Crippen molar-refractivity contribution in [2.45, 2.75) is 13.5 Å². The molecule has 0 fully saturated rings. The van der Waals surface area contributed by atoms with Crippen LogP contribution in [0.1, 0.15) is 23.0 Å². The highest BCUT2D eigenvalue weighted by atomic mass is 16.2. The van der Waals surface area contributed by atoms with Gasteiger partial charge in [-0.1, -0.05) is 6.92 Å². The minimum absolute atomic E-state index is 0.321. The van der Waals surface area contributed by atoms with E-state index in [4.69, 9.17) is 5.84 Å². The van der Waals surface area contributed by atoms with Crippen molar-refractivity contribution >= 4 is 5.91 Å². The van der Waals surface area contributed by atoms with Crippen LogP contribution in [0, 0.1) is 0 Å². The van der Waals surface area contributed by atoms with Crippen LogP contribution in [-0.4, -0.2) is 29.4 Å². The Hall–Kier alpha value is -1.46. The van der Waals surface area contributed by atoms with Crippen LogP contribution < -0.4 is 11.3 Å². The van der Waals surface area contributed by atoms with Crippen molar-refractivity contribution in [2.24, 2.45) is 5.84 Å². The van der Waals surface area contributed by atoms with Crippen molar-refractivity contribution in [1.29, 1.82) is 0 Å². The maximum atomic E-state index is 11.1. The number of nitrogen functional groups attached to an aromatic ring is 1. The first-order valence-electron chi connectivity index (χ1n) is 4.81. The minimum atomic E-state index is -0.321. The average molecular weight is 208 g/mol. The van der Waals surface area contributed by atoms with E-state index in [0.717, 1.165) is 18.8 Å². The molecule has 82 valence electrons. The number of nitrogens with one attached hydrogen (secondary N) is 1. The SMILES string of the molecule is CCN(C)Cc1ccc(C(=O)NN)cn1. The maximum absolute atomic E-state index is 11.1. The van der Waals surface area contributed by atoms with Crippen LogP contribution in [0.15, 0.2) is 18.3 Å². The van der Waals surface area contributed by atoms with Crippen LogP contribution in [0.4, 0.5) is 0 Å². The second-order valence-electron chi connectivity index (χ2n) is 3.34. The van der Waals surface area contributed by atoms with Crippen molar-refractivity contribution in [3.05, 3.63) is 29.6 Å². The summed E-state index contributed by atoms with van der Waals surface area (Å²) in [6, 6.07) is 3.55. The summed E-state index contributed by atoms with van der Waals surface area (Å²) >= 11 is 0. The number of pyridine rings is 1. The highest BCUT2D eigenvalue weighted by Crippen LogP contribution is 2.02. The Bertz CT molecular complexity index is 323. The van der Waals surface area contributed by atoms with Gasteiger partial charge in [0.05, 0.1) is 11.3 Å². The molecule has 0 aliphatic rings. The summed E-state index contributed by atoms with van der Waals surface area (Å²) in [6.07, 6.45) is 1.53.